The summed E-state index contributed by atoms with van der Waals surface area (Å²) in [7, 11) is 0. The standard InChI is InChI=1S/C22H12BrClN2O2/c23-15-5-8-18(19(24)11-15)21-9-6-16(28-21)7-10-22(27)26-13-14(12-25)17-3-1-2-4-20(17)26/h1-11,13H/b10-7+. The van der Waals surface area contributed by atoms with Gasteiger partial charge in [0.25, 0.3) is 5.91 Å². The van der Waals surface area contributed by atoms with Gasteiger partial charge in [-0.25, -0.2) is 0 Å². The van der Waals surface area contributed by atoms with E-state index in [4.69, 9.17) is 16.0 Å². The average molecular weight is 452 g/mol. The van der Waals surface area contributed by atoms with Gasteiger partial charge in [0.1, 0.15) is 17.6 Å². The molecule has 4 rings (SSSR count). The summed E-state index contributed by atoms with van der Waals surface area (Å²) in [4.78, 5) is 12.6. The Morgan fingerprint density at radius 3 is 2.79 bits per heavy atom. The topological polar surface area (TPSA) is 58.9 Å². The number of benzene rings is 2. The first kappa shape index (κ1) is 18.3. The van der Waals surface area contributed by atoms with Crippen LogP contribution in [0.3, 0.4) is 0 Å². The van der Waals surface area contributed by atoms with Gasteiger partial charge in [-0.15, -0.1) is 0 Å². The molecule has 0 radical (unpaired) electrons. The van der Waals surface area contributed by atoms with Gasteiger partial charge in [-0.2, -0.15) is 5.26 Å². The van der Waals surface area contributed by atoms with Crippen LogP contribution in [0.5, 0.6) is 0 Å². The van der Waals surface area contributed by atoms with Crippen molar-refractivity contribution in [2.45, 2.75) is 0 Å². The first-order chi connectivity index (χ1) is 13.6. The second-order valence-electron chi connectivity index (χ2n) is 6.04. The molecule has 0 aliphatic rings. The summed E-state index contributed by atoms with van der Waals surface area (Å²) in [6.45, 7) is 0. The number of fused-ring (bicyclic) bond motifs is 1. The van der Waals surface area contributed by atoms with E-state index in [0.29, 0.717) is 27.6 Å². The van der Waals surface area contributed by atoms with Crippen LogP contribution >= 0.6 is 27.5 Å². The monoisotopic (exact) mass is 450 g/mol. The smallest absolute Gasteiger partial charge is 0.255 e. The number of nitrogens with zero attached hydrogens (tertiary/aromatic N) is 2. The molecule has 0 saturated carbocycles. The lowest BCUT2D eigenvalue weighted by Gasteiger charge is -2.01. The third kappa shape index (κ3) is 3.40. The Bertz CT molecular complexity index is 1280. The molecule has 0 atom stereocenters. The number of hydrogen-bond donors (Lipinski definition) is 0. The van der Waals surface area contributed by atoms with Gasteiger partial charge in [0, 0.05) is 27.7 Å². The van der Waals surface area contributed by atoms with E-state index >= 15 is 0 Å². The van der Waals surface area contributed by atoms with Crippen LogP contribution in [-0.4, -0.2) is 10.5 Å². The van der Waals surface area contributed by atoms with Gasteiger partial charge >= 0.3 is 0 Å². The maximum atomic E-state index is 12.6. The van der Waals surface area contributed by atoms with E-state index in [1.54, 1.807) is 30.5 Å². The second-order valence-corrected chi connectivity index (χ2v) is 7.36. The van der Waals surface area contributed by atoms with E-state index in [2.05, 4.69) is 22.0 Å². The normalized spacial score (nSPS) is 11.2. The molecule has 0 amide bonds. The van der Waals surface area contributed by atoms with Gasteiger partial charge in [-0.05, 0) is 42.5 Å². The summed E-state index contributed by atoms with van der Waals surface area (Å²) in [5, 5.41) is 10.6. The molecular formula is C22H12BrClN2O2. The molecule has 0 aliphatic heterocycles. The first-order valence-electron chi connectivity index (χ1n) is 8.34. The minimum atomic E-state index is -0.266. The van der Waals surface area contributed by atoms with Crippen molar-refractivity contribution in [3.05, 3.63) is 87.7 Å². The predicted octanol–water partition coefficient (Wildman–Crippen LogP) is 6.54. The molecule has 0 N–H and O–H groups in total. The highest BCUT2D eigenvalue weighted by atomic mass is 79.9. The fourth-order valence-electron chi connectivity index (χ4n) is 2.96. The highest BCUT2D eigenvalue weighted by Gasteiger charge is 2.12. The quantitative estimate of drug-likeness (QED) is 0.332. The number of aromatic nitrogens is 1. The van der Waals surface area contributed by atoms with Crippen molar-refractivity contribution in [2.24, 2.45) is 0 Å². The maximum Gasteiger partial charge on any atom is 0.255 e. The molecule has 0 bridgehead atoms. The van der Waals surface area contributed by atoms with Gasteiger partial charge < -0.3 is 4.42 Å². The van der Waals surface area contributed by atoms with Crippen molar-refractivity contribution in [2.75, 3.05) is 0 Å². The first-order valence-corrected chi connectivity index (χ1v) is 9.52. The second kappa shape index (κ2) is 7.51. The van der Waals surface area contributed by atoms with Crippen molar-refractivity contribution >= 4 is 50.4 Å². The predicted molar refractivity (Wildman–Crippen MR) is 113 cm³/mol. The summed E-state index contributed by atoms with van der Waals surface area (Å²) < 4.78 is 8.13. The van der Waals surface area contributed by atoms with Crippen molar-refractivity contribution in [1.29, 1.82) is 5.26 Å². The Balaban J connectivity index is 1.61. The van der Waals surface area contributed by atoms with Crippen molar-refractivity contribution in [1.82, 2.24) is 4.57 Å². The van der Waals surface area contributed by atoms with Crippen LogP contribution in [0.15, 0.2) is 75.8 Å². The number of nitriles is 1. The number of halogens is 2. The lowest BCUT2D eigenvalue weighted by Crippen LogP contribution is -2.04. The summed E-state index contributed by atoms with van der Waals surface area (Å²) in [5.41, 5.74) is 1.92. The molecule has 0 unspecified atom stereocenters. The fraction of sp³-hybridized carbons (Fsp3) is 0. The number of furan rings is 1. The summed E-state index contributed by atoms with van der Waals surface area (Å²) in [6, 6.07) is 18.5. The Labute approximate surface area is 174 Å². The molecule has 4 aromatic rings. The molecule has 136 valence electrons. The minimum absolute atomic E-state index is 0.266. The van der Waals surface area contributed by atoms with E-state index in [1.807, 2.05) is 36.4 Å². The van der Waals surface area contributed by atoms with Gasteiger partial charge in [0.2, 0.25) is 0 Å². The van der Waals surface area contributed by atoms with E-state index in [9.17, 15) is 10.1 Å². The number of carbonyl (C=O) groups is 1. The SMILES string of the molecule is N#Cc1cn(C(=O)/C=C/c2ccc(-c3ccc(Br)cc3Cl)o2)c2ccccc12. The largest absolute Gasteiger partial charge is 0.457 e. The average Bonchev–Trinajstić information content (AvgIpc) is 3.31. The van der Waals surface area contributed by atoms with E-state index < -0.39 is 0 Å². The summed E-state index contributed by atoms with van der Waals surface area (Å²) in [6.07, 6.45) is 4.56. The molecular weight excluding hydrogens is 440 g/mol. The molecule has 2 heterocycles. The van der Waals surface area contributed by atoms with Crippen molar-refractivity contribution in [3.63, 3.8) is 0 Å². The van der Waals surface area contributed by atoms with Crippen molar-refractivity contribution < 1.29 is 9.21 Å². The molecule has 2 aromatic heterocycles. The zero-order valence-electron chi connectivity index (χ0n) is 14.4. The summed E-state index contributed by atoms with van der Waals surface area (Å²) >= 11 is 9.64. The van der Waals surface area contributed by atoms with Crippen LogP contribution in [0.2, 0.25) is 5.02 Å². The molecule has 0 saturated heterocycles. The third-order valence-corrected chi connectivity index (χ3v) is 5.09. The molecule has 0 aliphatic carbocycles. The number of allylic oxidation sites excluding steroid dienone is 1. The Hall–Kier alpha value is -3.07. The Kier molecular flexibility index (Phi) is 4.91. The molecule has 0 spiro atoms. The lowest BCUT2D eigenvalue weighted by atomic mass is 10.2. The highest BCUT2D eigenvalue weighted by Crippen LogP contribution is 2.32. The van der Waals surface area contributed by atoms with Crippen LogP contribution in [0.4, 0.5) is 0 Å². The molecule has 4 nitrogen and oxygen atoms in total. The Morgan fingerprint density at radius 1 is 1.18 bits per heavy atom. The number of para-hydroxylation sites is 1. The molecule has 28 heavy (non-hydrogen) atoms. The van der Waals surface area contributed by atoms with E-state index in [-0.39, 0.29) is 5.91 Å². The Morgan fingerprint density at radius 2 is 2.00 bits per heavy atom. The molecule has 0 fully saturated rings. The van der Waals surface area contributed by atoms with Crippen LogP contribution < -0.4 is 0 Å². The number of hydrogen-bond acceptors (Lipinski definition) is 3. The van der Waals surface area contributed by atoms with Gasteiger partial charge in [0.15, 0.2) is 0 Å². The van der Waals surface area contributed by atoms with Gasteiger partial charge in [-0.1, -0.05) is 45.7 Å². The van der Waals surface area contributed by atoms with Gasteiger partial charge in [0.05, 0.1) is 16.1 Å². The van der Waals surface area contributed by atoms with Crippen LogP contribution in [0, 0.1) is 11.3 Å². The molecule has 2 aromatic carbocycles. The van der Waals surface area contributed by atoms with E-state index in [1.165, 1.54) is 10.6 Å². The van der Waals surface area contributed by atoms with Crippen molar-refractivity contribution in [3.8, 4) is 17.4 Å². The maximum absolute atomic E-state index is 12.6. The van der Waals surface area contributed by atoms with Crippen LogP contribution in [0.25, 0.3) is 28.3 Å². The zero-order valence-corrected chi connectivity index (χ0v) is 16.7. The number of carbonyl (C=O) groups excluding carboxylic acids is 1. The van der Waals surface area contributed by atoms with E-state index in [0.717, 1.165) is 15.4 Å². The lowest BCUT2D eigenvalue weighted by molar-refractivity contribution is 0.0974. The molecule has 6 heteroatoms. The fourth-order valence-corrected chi connectivity index (χ4v) is 3.73. The summed E-state index contributed by atoms with van der Waals surface area (Å²) in [5.74, 6) is 0.874. The van der Waals surface area contributed by atoms with Gasteiger partial charge in [-0.3, -0.25) is 9.36 Å². The van der Waals surface area contributed by atoms with Crippen LogP contribution in [-0.2, 0) is 0 Å². The minimum Gasteiger partial charge on any atom is -0.457 e. The number of rotatable bonds is 3. The van der Waals surface area contributed by atoms with Crippen LogP contribution in [0.1, 0.15) is 16.1 Å². The third-order valence-electron chi connectivity index (χ3n) is 4.28. The zero-order chi connectivity index (χ0) is 19.7. The highest BCUT2D eigenvalue weighted by molar-refractivity contribution is 9.10.